The Morgan fingerprint density at radius 1 is 1.16 bits per heavy atom. The summed E-state index contributed by atoms with van der Waals surface area (Å²) >= 11 is 0. The fourth-order valence-corrected chi connectivity index (χ4v) is 2.56. The van der Waals surface area contributed by atoms with Gasteiger partial charge in [0, 0.05) is 17.2 Å². The van der Waals surface area contributed by atoms with Crippen molar-refractivity contribution < 1.29 is 4.74 Å². The first-order valence-corrected chi connectivity index (χ1v) is 7.29. The van der Waals surface area contributed by atoms with E-state index in [0.717, 1.165) is 24.3 Å². The summed E-state index contributed by atoms with van der Waals surface area (Å²) in [6, 6.07) is 4.80. The third-order valence-electron chi connectivity index (χ3n) is 3.89. The van der Waals surface area contributed by atoms with Gasteiger partial charge in [0.1, 0.15) is 5.75 Å². The zero-order chi connectivity index (χ0) is 13.9. The molecule has 0 bridgehead atoms. The quantitative estimate of drug-likeness (QED) is 0.907. The van der Waals surface area contributed by atoms with Crippen LogP contribution in [0.15, 0.2) is 18.3 Å². The molecule has 3 heteroatoms. The summed E-state index contributed by atoms with van der Waals surface area (Å²) in [7, 11) is 2.04. The van der Waals surface area contributed by atoms with E-state index < -0.39 is 0 Å². The minimum Gasteiger partial charge on any atom is -0.489 e. The topological polar surface area (TPSA) is 34.1 Å². The molecule has 19 heavy (non-hydrogen) atoms. The fourth-order valence-electron chi connectivity index (χ4n) is 2.56. The first-order valence-electron chi connectivity index (χ1n) is 7.29. The van der Waals surface area contributed by atoms with E-state index in [0.29, 0.717) is 12.1 Å². The Morgan fingerprint density at radius 2 is 1.84 bits per heavy atom. The van der Waals surface area contributed by atoms with Crippen LogP contribution in [0.5, 0.6) is 5.75 Å². The van der Waals surface area contributed by atoms with Gasteiger partial charge in [0.2, 0.25) is 0 Å². The van der Waals surface area contributed by atoms with Gasteiger partial charge in [-0.15, -0.1) is 0 Å². The molecular weight excluding hydrogens is 236 g/mol. The zero-order valence-electron chi connectivity index (χ0n) is 12.6. The molecule has 3 nitrogen and oxygen atoms in total. The molecule has 0 unspecified atom stereocenters. The maximum absolute atomic E-state index is 6.03. The third kappa shape index (κ3) is 3.93. The summed E-state index contributed by atoms with van der Waals surface area (Å²) in [6.45, 7) is 6.53. The van der Waals surface area contributed by atoms with Gasteiger partial charge in [-0.2, -0.15) is 0 Å². The van der Waals surface area contributed by atoms with Gasteiger partial charge in [0.25, 0.3) is 0 Å². The molecule has 1 fully saturated rings. The molecule has 0 aliphatic heterocycles. The van der Waals surface area contributed by atoms with Gasteiger partial charge in [0.05, 0.1) is 12.3 Å². The predicted octanol–water partition coefficient (Wildman–Crippen LogP) is 3.29. The van der Waals surface area contributed by atoms with Gasteiger partial charge in [-0.3, -0.25) is 4.98 Å². The molecule has 1 saturated carbocycles. The van der Waals surface area contributed by atoms with E-state index in [1.165, 1.54) is 12.8 Å². The van der Waals surface area contributed by atoms with Crippen LogP contribution in [0.3, 0.4) is 0 Å². The van der Waals surface area contributed by atoms with Crippen LogP contribution in [0.4, 0.5) is 0 Å². The second kappa shape index (κ2) is 5.91. The van der Waals surface area contributed by atoms with Crippen molar-refractivity contribution in [3.63, 3.8) is 0 Å². The summed E-state index contributed by atoms with van der Waals surface area (Å²) in [6.07, 6.45) is 6.89. The van der Waals surface area contributed by atoms with Gasteiger partial charge >= 0.3 is 0 Å². The first kappa shape index (κ1) is 14.3. The number of hydrogen-bond donors (Lipinski definition) is 1. The molecule has 0 atom stereocenters. The number of nitrogens with one attached hydrogen (secondary N) is 1. The Balaban J connectivity index is 1.90. The number of nitrogens with zero attached hydrogens (tertiary/aromatic N) is 1. The largest absolute Gasteiger partial charge is 0.489 e. The first-order chi connectivity index (χ1) is 8.99. The van der Waals surface area contributed by atoms with Crippen LogP contribution in [-0.4, -0.2) is 24.2 Å². The Hall–Kier alpha value is -1.09. The average Bonchev–Trinajstić information content (AvgIpc) is 2.39. The van der Waals surface area contributed by atoms with Gasteiger partial charge < -0.3 is 10.1 Å². The SMILES string of the molecule is CNC1CCC(Oc2ccc(C(C)(C)C)nc2)CC1. The van der Waals surface area contributed by atoms with Crippen molar-refractivity contribution in [1.29, 1.82) is 0 Å². The molecule has 1 N–H and O–H groups in total. The lowest BCUT2D eigenvalue weighted by molar-refractivity contribution is 0.141. The second-order valence-electron chi connectivity index (χ2n) is 6.51. The highest BCUT2D eigenvalue weighted by atomic mass is 16.5. The van der Waals surface area contributed by atoms with Crippen molar-refractivity contribution in [2.24, 2.45) is 0 Å². The minimum absolute atomic E-state index is 0.101. The number of aromatic nitrogens is 1. The fraction of sp³-hybridized carbons (Fsp3) is 0.688. The standard InChI is InChI=1S/C16H26N2O/c1-16(2,3)15-10-9-14(11-18-15)19-13-7-5-12(17-4)6-8-13/h9-13,17H,5-8H2,1-4H3. The molecule has 0 aromatic carbocycles. The molecule has 1 aromatic heterocycles. The number of rotatable bonds is 3. The van der Waals surface area contributed by atoms with Gasteiger partial charge in [-0.1, -0.05) is 20.8 Å². The minimum atomic E-state index is 0.101. The highest BCUT2D eigenvalue weighted by Gasteiger charge is 2.21. The van der Waals surface area contributed by atoms with Crippen molar-refractivity contribution >= 4 is 0 Å². The molecule has 0 spiro atoms. The van der Waals surface area contributed by atoms with Crippen molar-refractivity contribution in [1.82, 2.24) is 10.3 Å². The van der Waals surface area contributed by atoms with Crippen molar-refractivity contribution in [3.8, 4) is 5.75 Å². The molecular formula is C16H26N2O. The van der Waals surface area contributed by atoms with E-state index in [4.69, 9.17) is 4.74 Å². The van der Waals surface area contributed by atoms with E-state index >= 15 is 0 Å². The maximum Gasteiger partial charge on any atom is 0.138 e. The van der Waals surface area contributed by atoms with Crippen LogP contribution < -0.4 is 10.1 Å². The summed E-state index contributed by atoms with van der Waals surface area (Å²) < 4.78 is 6.03. The van der Waals surface area contributed by atoms with Gasteiger partial charge in [0.15, 0.2) is 0 Å². The number of ether oxygens (including phenoxy) is 1. The highest BCUT2D eigenvalue weighted by molar-refractivity contribution is 5.23. The van der Waals surface area contributed by atoms with Crippen molar-refractivity contribution in [3.05, 3.63) is 24.0 Å². The normalized spacial score (nSPS) is 24.2. The monoisotopic (exact) mass is 262 g/mol. The highest BCUT2D eigenvalue weighted by Crippen LogP contribution is 2.25. The molecule has 1 heterocycles. The number of pyridine rings is 1. The maximum atomic E-state index is 6.03. The summed E-state index contributed by atoms with van der Waals surface area (Å²) in [5, 5.41) is 3.34. The smallest absolute Gasteiger partial charge is 0.138 e. The van der Waals surface area contributed by atoms with Crippen LogP contribution in [-0.2, 0) is 5.41 Å². The summed E-state index contributed by atoms with van der Waals surface area (Å²) in [4.78, 5) is 4.51. The Kier molecular flexibility index (Phi) is 4.46. The molecule has 0 amide bonds. The van der Waals surface area contributed by atoms with Crippen LogP contribution in [0.25, 0.3) is 0 Å². The Bertz CT molecular complexity index is 386. The van der Waals surface area contributed by atoms with Gasteiger partial charge in [-0.05, 0) is 44.9 Å². The Morgan fingerprint density at radius 3 is 2.32 bits per heavy atom. The van der Waals surface area contributed by atoms with E-state index in [1.54, 1.807) is 0 Å². The molecule has 1 aromatic rings. The lowest BCUT2D eigenvalue weighted by Gasteiger charge is -2.28. The zero-order valence-corrected chi connectivity index (χ0v) is 12.6. The second-order valence-corrected chi connectivity index (χ2v) is 6.51. The van der Waals surface area contributed by atoms with Crippen molar-refractivity contribution in [2.75, 3.05) is 7.05 Å². The molecule has 0 saturated heterocycles. The average molecular weight is 262 g/mol. The van der Waals surface area contributed by atoms with Crippen LogP contribution in [0.2, 0.25) is 0 Å². The lowest BCUT2D eigenvalue weighted by atomic mass is 9.91. The summed E-state index contributed by atoms with van der Waals surface area (Å²) in [5.41, 5.74) is 1.21. The molecule has 1 aliphatic rings. The molecule has 106 valence electrons. The Labute approximate surface area is 116 Å². The molecule has 2 rings (SSSR count). The lowest BCUT2D eigenvalue weighted by Crippen LogP contribution is -2.34. The van der Waals surface area contributed by atoms with Crippen LogP contribution >= 0.6 is 0 Å². The van der Waals surface area contributed by atoms with E-state index in [9.17, 15) is 0 Å². The molecule has 1 aliphatic carbocycles. The predicted molar refractivity (Wildman–Crippen MR) is 78.7 cm³/mol. The van der Waals surface area contributed by atoms with Crippen LogP contribution in [0, 0.1) is 0 Å². The third-order valence-corrected chi connectivity index (χ3v) is 3.89. The van der Waals surface area contributed by atoms with E-state index in [1.807, 2.05) is 13.2 Å². The van der Waals surface area contributed by atoms with Crippen molar-refractivity contribution in [2.45, 2.75) is 64.0 Å². The molecule has 0 radical (unpaired) electrons. The van der Waals surface area contributed by atoms with E-state index in [-0.39, 0.29) is 5.41 Å². The van der Waals surface area contributed by atoms with E-state index in [2.05, 4.69) is 43.2 Å². The van der Waals surface area contributed by atoms with Crippen LogP contribution in [0.1, 0.15) is 52.1 Å². The van der Waals surface area contributed by atoms with Gasteiger partial charge in [-0.25, -0.2) is 0 Å². The summed E-state index contributed by atoms with van der Waals surface area (Å²) in [5.74, 6) is 0.904. The number of hydrogen-bond acceptors (Lipinski definition) is 3.